The van der Waals surface area contributed by atoms with E-state index >= 15 is 0 Å². The number of hydrogen-bond donors (Lipinski definition) is 1. The standard InChI is InChI=1S/C22H28N4O2.C16H19N5.ClH/c1-21(2,3)28-18(27)10-15-11-22(4,5)14-26(13-15)17-7-6-16(12-23)19-20(17)25-9-8-24-19;1-16(2)7-12(18)9-21(10-16)13-4-3-11(8-17)14-15(13)20-6-5-19-14;/h6-9,15H,10-11,13-14H2,1-5H3;3-6,12H,7,9-10,18H2,1-2H3;1H/t15-;12-;/m11./s1. The van der Waals surface area contributed by atoms with Crippen molar-refractivity contribution in [3.8, 4) is 12.1 Å². The Morgan fingerprint density at radius 2 is 1.24 bits per heavy atom. The molecular formula is C38H48ClN9O2. The minimum Gasteiger partial charge on any atom is -0.460 e. The van der Waals surface area contributed by atoms with Crippen LogP contribution in [0.1, 0.15) is 78.9 Å². The van der Waals surface area contributed by atoms with Gasteiger partial charge in [-0.2, -0.15) is 10.5 Å². The first-order valence-electron chi connectivity index (χ1n) is 16.8. The average molecular weight is 698 g/mol. The van der Waals surface area contributed by atoms with E-state index in [-0.39, 0.29) is 41.2 Å². The molecule has 4 heterocycles. The maximum atomic E-state index is 12.4. The van der Waals surface area contributed by atoms with Gasteiger partial charge in [0.1, 0.15) is 39.8 Å². The molecule has 0 unspecified atom stereocenters. The molecule has 6 rings (SSSR count). The lowest BCUT2D eigenvalue weighted by atomic mass is 9.77. The van der Waals surface area contributed by atoms with Crippen molar-refractivity contribution >= 4 is 51.8 Å². The molecule has 2 saturated heterocycles. The molecule has 2 N–H and O–H groups in total. The van der Waals surface area contributed by atoms with Gasteiger partial charge >= 0.3 is 5.97 Å². The number of benzene rings is 2. The lowest BCUT2D eigenvalue weighted by Gasteiger charge is -2.43. The van der Waals surface area contributed by atoms with Gasteiger partial charge in [0.15, 0.2) is 0 Å². The summed E-state index contributed by atoms with van der Waals surface area (Å²) in [7, 11) is 0. The number of fused-ring (bicyclic) bond motifs is 2. The minimum atomic E-state index is -0.472. The van der Waals surface area contributed by atoms with Crippen LogP contribution in [0.25, 0.3) is 22.1 Å². The molecule has 2 fully saturated rings. The fourth-order valence-corrected chi connectivity index (χ4v) is 7.41. The number of rotatable bonds is 4. The Hall–Kier alpha value is -4.58. The van der Waals surface area contributed by atoms with Gasteiger partial charge in [0.05, 0.1) is 28.9 Å². The van der Waals surface area contributed by atoms with Gasteiger partial charge in [-0.1, -0.05) is 27.7 Å². The van der Waals surface area contributed by atoms with Gasteiger partial charge in [-0.05, 0) is 74.6 Å². The van der Waals surface area contributed by atoms with Crippen molar-refractivity contribution in [2.45, 2.75) is 79.4 Å². The van der Waals surface area contributed by atoms with Crippen LogP contribution in [0.5, 0.6) is 0 Å². The van der Waals surface area contributed by atoms with Gasteiger partial charge in [0, 0.05) is 57.0 Å². The van der Waals surface area contributed by atoms with Crippen molar-refractivity contribution in [1.82, 2.24) is 19.9 Å². The van der Waals surface area contributed by atoms with E-state index in [1.807, 2.05) is 39.0 Å². The van der Waals surface area contributed by atoms with Crippen molar-refractivity contribution < 1.29 is 9.53 Å². The van der Waals surface area contributed by atoms with Crippen LogP contribution in [0.2, 0.25) is 0 Å². The van der Waals surface area contributed by atoms with E-state index in [2.05, 4.69) is 69.6 Å². The van der Waals surface area contributed by atoms with Gasteiger partial charge in [-0.3, -0.25) is 24.7 Å². The van der Waals surface area contributed by atoms with Gasteiger partial charge in [0.25, 0.3) is 0 Å². The van der Waals surface area contributed by atoms with E-state index in [4.69, 9.17) is 10.5 Å². The van der Waals surface area contributed by atoms with E-state index < -0.39 is 5.60 Å². The molecule has 0 spiro atoms. The zero-order chi connectivity index (χ0) is 35.6. The molecule has 2 aliphatic heterocycles. The summed E-state index contributed by atoms with van der Waals surface area (Å²) >= 11 is 0. The predicted octanol–water partition coefficient (Wildman–Crippen LogP) is 6.57. The van der Waals surface area contributed by atoms with Crippen LogP contribution in [-0.4, -0.2) is 63.7 Å². The molecule has 12 heteroatoms. The summed E-state index contributed by atoms with van der Waals surface area (Å²) in [6.07, 6.45) is 8.93. The summed E-state index contributed by atoms with van der Waals surface area (Å²) < 4.78 is 5.53. The number of piperidine rings is 2. The molecule has 2 aromatic carbocycles. The molecule has 2 atom stereocenters. The number of carbonyl (C=O) groups excluding carboxylic acids is 1. The summed E-state index contributed by atoms with van der Waals surface area (Å²) in [5.74, 6) is 0.0422. The molecule has 0 amide bonds. The molecule has 0 saturated carbocycles. The molecule has 4 aromatic rings. The molecule has 11 nitrogen and oxygen atoms in total. The molecule has 50 heavy (non-hydrogen) atoms. The number of esters is 1. The number of anilines is 2. The third-order valence-electron chi connectivity index (χ3n) is 8.83. The van der Waals surface area contributed by atoms with Crippen molar-refractivity contribution in [2.75, 3.05) is 36.0 Å². The van der Waals surface area contributed by atoms with E-state index in [1.165, 1.54) is 0 Å². The second kappa shape index (κ2) is 15.1. The van der Waals surface area contributed by atoms with Crippen LogP contribution >= 0.6 is 12.4 Å². The number of ether oxygens (including phenoxy) is 1. The van der Waals surface area contributed by atoms with Gasteiger partial charge in [0.2, 0.25) is 0 Å². The van der Waals surface area contributed by atoms with Crippen molar-refractivity contribution in [3.05, 3.63) is 60.2 Å². The zero-order valence-electron chi connectivity index (χ0n) is 30.1. The highest BCUT2D eigenvalue weighted by molar-refractivity contribution is 5.93. The Morgan fingerprint density at radius 3 is 1.68 bits per heavy atom. The normalized spacial score (nSPS) is 19.7. The zero-order valence-corrected chi connectivity index (χ0v) is 30.9. The lowest BCUT2D eigenvalue weighted by molar-refractivity contribution is -0.156. The maximum absolute atomic E-state index is 12.4. The Balaban J connectivity index is 0.000000229. The second-order valence-electron chi connectivity index (χ2n) is 15.9. The molecule has 0 radical (unpaired) electrons. The van der Waals surface area contributed by atoms with Crippen LogP contribution in [0.4, 0.5) is 11.4 Å². The smallest absolute Gasteiger partial charge is 0.306 e. The Labute approximate surface area is 301 Å². The minimum absolute atomic E-state index is 0. The highest BCUT2D eigenvalue weighted by Crippen LogP contribution is 2.39. The van der Waals surface area contributed by atoms with E-state index in [0.717, 1.165) is 61.4 Å². The van der Waals surface area contributed by atoms with Gasteiger partial charge in [-0.25, -0.2) is 0 Å². The fourth-order valence-electron chi connectivity index (χ4n) is 7.41. The summed E-state index contributed by atoms with van der Waals surface area (Å²) in [4.78, 5) is 34.6. The third kappa shape index (κ3) is 9.15. The first-order chi connectivity index (χ1) is 23.1. The molecule has 2 aliphatic rings. The highest BCUT2D eigenvalue weighted by Gasteiger charge is 2.36. The Kier molecular flexibility index (Phi) is 11.6. The van der Waals surface area contributed by atoms with Crippen LogP contribution in [0, 0.1) is 39.4 Å². The predicted molar refractivity (Wildman–Crippen MR) is 199 cm³/mol. The highest BCUT2D eigenvalue weighted by atomic mass is 35.5. The Bertz CT molecular complexity index is 1930. The van der Waals surface area contributed by atoms with E-state index in [1.54, 1.807) is 30.9 Å². The SMILES string of the molecule is CC1(C)C[C@@H](CC(=O)OC(C)(C)C)CN(c2ccc(C#N)c3nccnc23)C1.CC1(C)C[C@@H](N)CN(c2ccc(C#N)c3nccnc23)C1.Cl. The maximum Gasteiger partial charge on any atom is 0.306 e. The van der Waals surface area contributed by atoms with E-state index in [9.17, 15) is 15.3 Å². The third-order valence-corrected chi connectivity index (χ3v) is 8.83. The quantitative estimate of drug-likeness (QED) is 0.230. The van der Waals surface area contributed by atoms with E-state index in [0.29, 0.717) is 28.6 Å². The fraction of sp³-hybridized carbons (Fsp3) is 0.500. The number of nitrogens with zero attached hydrogens (tertiary/aromatic N) is 8. The number of nitriles is 2. The Morgan fingerprint density at radius 1 is 0.800 bits per heavy atom. The van der Waals surface area contributed by atoms with Gasteiger partial charge in [-0.15, -0.1) is 12.4 Å². The summed E-state index contributed by atoms with van der Waals surface area (Å²) in [5.41, 5.74) is 11.8. The first kappa shape index (κ1) is 38.2. The van der Waals surface area contributed by atoms with Crippen molar-refractivity contribution in [3.63, 3.8) is 0 Å². The molecule has 0 aliphatic carbocycles. The van der Waals surface area contributed by atoms with Crippen LogP contribution in [-0.2, 0) is 9.53 Å². The van der Waals surface area contributed by atoms with Crippen molar-refractivity contribution in [2.24, 2.45) is 22.5 Å². The molecule has 264 valence electrons. The molecule has 2 aromatic heterocycles. The average Bonchev–Trinajstić information content (AvgIpc) is 3.01. The number of nitrogens with two attached hydrogens (primary N) is 1. The van der Waals surface area contributed by atoms with Crippen LogP contribution in [0.3, 0.4) is 0 Å². The number of aromatic nitrogens is 4. The second-order valence-corrected chi connectivity index (χ2v) is 15.9. The lowest BCUT2D eigenvalue weighted by Crippen LogP contribution is -2.50. The monoisotopic (exact) mass is 697 g/mol. The van der Waals surface area contributed by atoms with Crippen LogP contribution < -0.4 is 15.5 Å². The number of carbonyl (C=O) groups is 1. The van der Waals surface area contributed by atoms with Gasteiger partial charge < -0.3 is 20.3 Å². The first-order valence-corrected chi connectivity index (χ1v) is 16.8. The summed E-state index contributed by atoms with van der Waals surface area (Å²) in [5, 5.41) is 18.6. The van der Waals surface area contributed by atoms with Crippen LogP contribution in [0.15, 0.2) is 49.1 Å². The number of halogens is 1. The number of hydrogen-bond acceptors (Lipinski definition) is 11. The summed E-state index contributed by atoms with van der Waals surface area (Å²) in [6.45, 7) is 17.9. The van der Waals surface area contributed by atoms with Crippen molar-refractivity contribution in [1.29, 1.82) is 10.5 Å². The largest absolute Gasteiger partial charge is 0.460 e. The molecule has 0 bridgehead atoms. The molecular weight excluding hydrogens is 650 g/mol. The summed E-state index contributed by atoms with van der Waals surface area (Å²) in [6, 6.07) is 12.0. The topological polar surface area (TPSA) is 158 Å².